The zero-order valence-corrected chi connectivity index (χ0v) is 12.6. The molecular weight excluding hydrogens is 236 g/mol. The van der Waals surface area contributed by atoms with E-state index >= 15 is 0 Å². The van der Waals surface area contributed by atoms with E-state index < -0.39 is 0 Å². The zero-order chi connectivity index (χ0) is 13.9. The van der Waals surface area contributed by atoms with E-state index in [1.165, 1.54) is 38.5 Å². The van der Waals surface area contributed by atoms with Gasteiger partial charge < -0.3 is 10.0 Å². The molecule has 0 aliphatic carbocycles. The predicted octanol–water partition coefficient (Wildman–Crippen LogP) is 3.74. The molecule has 1 N–H and O–H groups in total. The third kappa shape index (κ3) is 6.76. The van der Waals surface area contributed by atoms with Gasteiger partial charge in [0, 0.05) is 13.0 Å². The summed E-state index contributed by atoms with van der Waals surface area (Å²) in [5.41, 5.74) is 0. The standard InChI is InChI=1S/C16H30N2O/c1-3-4-5-6-7-8-9-10-11-12-16-17-13-14-18(16)15(2)19/h4-5,15,19H,3,6-14H2,1-2H3/b5-4+. The van der Waals surface area contributed by atoms with Gasteiger partial charge in [-0.2, -0.15) is 0 Å². The molecule has 0 spiro atoms. The van der Waals surface area contributed by atoms with E-state index in [1.807, 2.05) is 11.8 Å². The van der Waals surface area contributed by atoms with Crippen LogP contribution in [0.2, 0.25) is 0 Å². The molecular formula is C16H30N2O. The minimum atomic E-state index is -0.383. The Bertz CT molecular complexity index is 284. The monoisotopic (exact) mass is 266 g/mol. The number of hydrogen-bond acceptors (Lipinski definition) is 3. The zero-order valence-electron chi connectivity index (χ0n) is 12.6. The van der Waals surface area contributed by atoms with Crippen LogP contribution < -0.4 is 0 Å². The van der Waals surface area contributed by atoms with Crippen LogP contribution in [0.25, 0.3) is 0 Å². The maximum absolute atomic E-state index is 9.60. The summed E-state index contributed by atoms with van der Waals surface area (Å²) in [4.78, 5) is 6.50. The van der Waals surface area contributed by atoms with Crippen LogP contribution in [0.5, 0.6) is 0 Å². The summed E-state index contributed by atoms with van der Waals surface area (Å²) in [5, 5.41) is 9.60. The molecule has 0 bridgehead atoms. The summed E-state index contributed by atoms with van der Waals surface area (Å²) >= 11 is 0. The molecule has 0 aromatic carbocycles. The molecule has 1 rings (SSSR count). The van der Waals surface area contributed by atoms with Gasteiger partial charge in [0.25, 0.3) is 0 Å². The van der Waals surface area contributed by atoms with Crippen molar-refractivity contribution in [1.29, 1.82) is 0 Å². The summed E-state index contributed by atoms with van der Waals surface area (Å²) in [7, 11) is 0. The van der Waals surface area contributed by atoms with Crippen LogP contribution in [0.3, 0.4) is 0 Å². The van der Waals surface area contributed by atoms with Crippen molar-refractivity contribution in [2.45, 2.75) is 71.4 Å². The second kappa shape index (κ2) is 10.0. The summed E-state index contributed by atoms with van der Waals surface area (Å²) < 4.78 is 0. The van der Waals surface area contributed by atoms with Crippen molar-refractivity contribution in [1.82, 2.24) is 4.90 Å². The third-order valence-corrected chi connectivity index (χ3v) is 3.59. The number of aliphatic imine (C=N–C) groups is 1. The molecule has 0 aromatic rings. The smallest absolute Gasteiger partial charge is 0.125 e. The van der Waals surface area contributed by atoms with Gasteiger partial charge in [0.2, 0.25) is 0 Å². The SMILES string of the molecule is CC/C=C/CCCCCCCC1=NCCN1C(C)O. The highest BCUT2D eigenvalue weighted by molar-refractivity contribution is 5.83. The van der Waals surface area contributed by atoms with Crippen molar-refractivity contribution in [2.24, 2.45) is 4.99 Å². The Balaban J connectivity index is 1.98. The quantitative estimate of drug-likeness (QED) is 0.483. The van der Waals surface area contributed by atoms with E-state index in [0.29, 0.717) is 0 Å². The Labute approximate surface area is 118 Å². The Hall–Kier alpha value is -0.830. The van der Waals surface area contributed by atoms with Crippen molar-refractivity contribution in [3.05, 3.63) is 12.2 Å². The fourth-order valence-electron chi connectivity index (χ4n) is 2.49. The van der Waals surface area contributed by atoms with Crippen molar-refractivity contribution < 1.29 is 5.11 Å². The lowest BCUT2D eigenvalue weighted by molar-refractivity contribution is 0.0766. The maximum Gasteiger partial charge on any atom is 0.125 e. The second-order valence-corrected chi connectivity index (χ2v) is 5.31. The second-order valence-electron chi connectivity index (χ2n) is 5.31. The van der Waals surface area contributed by atoms with Gasteiger partial charge in [-0.25, -0.2) is 0 Å². The first-order chi connectivity index (χ1) is 9.25. The first-order valence-electron chi connectivity index (χ1n) is 7.88. The molecule has 0 saturated carbocycles. The first kappa shape index (κ1) is 16.2. The van der Waals surface area contributed by atoms with E-state index in [-0.39, 0.29) is 6.23 Å². The van der Waals surface area contributed by atoms with Gasteiger partial charge in [-0.15, -0.1) is 0 Å². The maximum atomic E-state index is 9.60. The predicted molar refractivity (Wildman–Crippen MR) is 82.4 cm³/mol. The number of unbranched alkanes of at least 4 members (excludes halogenated alkanes) is 5. The largest absolute Gasteiger partial charge is 0.374 e. The molecule has 1 atom stereocenters. The molecule has 110 valence electrons. The number of nitrogens with zero attached hydrogens (tertiary/aromatic N) is 2. The van der Waals surface area contributed by atoms with Crippen LogP contribution in [0.4, 0.5) is 0 Å². The van der Waals surface area contributed by atoms with E-state index in [4.69, 9.17) is 0 Å². The van der Waals surface area contributed by atoms with E-state index in [0.717, 1.165) is 31.8 Å². The molecule has 0 radical (unpaired) electrons. The number of aliphatic hydroxyl groups is 1. The molecule has 19 heavy (non-hydrogen) atoms. The number of amidine groups is 1. The number of hydrogen-bond donors (Lipinski definition) is 1. The van der Waals surface area contributed by atoms with Crippen molar-refractivity contribution in [3.8, 4) is 0 Å². The Morgan fingerprint density at radius 3 is 2.68 bits per heavy atom. The average molecular weight is 266 g/mol. The van der Waals surface area contributed by atoms with Crippen LogP contribution >= 0.6 is 0 Å². The van der Waals surface area contributed by atoms with Crippen LogP contribution in [0.1, 0.15) is 65.2 Å². The minimum absolute atomic E-state index is 0.383. The molecule has 1 unspecified atom stereocenters. The van der Waals surface area contributed by atoms with E-state index in [1.54, 1.807) is 0 Å². The normalized spacial score (nSPS) is 17.2. The Kier molecular flexibility index (Phi) is 8.55. The van der Waals surface area contributed by atoms with Gasteiger partial charge in [-0.05, 0) is 32.6 Å². The molecule has 0 aromatic heterocycles. The topological polar surface area (TPSA) is 35.8 Å². The summed E-state index contributed by atoms with van der Waals surface area (Å²) in [6, 6.07) is 0. The highest BCUT2D eigenvalue weighted by atomic mass is 16.3. The Morgan fingerprint density at radius 2 is 1.95 bits per heavy atom. The molecule has 3 nitrogen and oxygen atoms in total. The lowest BCUT2D eigenvalue weighted by Gasteiger charge is -2.23. The number of aliphatic hydroxyl groups excluding tert-OH is 1. The van der Waals surface area contributed by atoms with Crippen LogP contribution in [0, 0.1) is 0 Å². The van der Waals surface area contributed by atoms with Gasteiger partial charge in [0.1, 0.15) is 12.1 Å². The van der Waals surface area contributed by atoms with Gasteiger partial charge in [-0.1, -0.05) is 38.3 Å². The molecule has 0 amide bonds. The molecule has 3 heteroatoms. The molecule has 0 saturated heterocycles. The van der Waals surface area contributed by atoms with E-state index in [9.17, 15) is 5.11 Å². The number of allylic oxidation sites excluding steroid dienone is 2. The summed E-state index contributed by atoms with van der Waals surface area (Å²) in [5.74, 6) is 1.11. The van der Waals surface area contributed by atoms with Crippen LogP contribution in [0.15, 0.2) is 17.1 Å². The average Bonchev–Trinajstić information content (AvgIpc) is 2.85. The third-order valence-electron chi connectivity index (χ3n) is 3.59. The van der Waals surface area contributed by atoms with E-state index in [2.05, 4.69) is 24.1 Å². The molecule has 0 fully saturated rings. The molecule has 1 aliphatic heterocycles. The summed E-state index contributed by atoms with van der Waals surface area (Å²) in [6.45, 7) is 5.74. The lowest BCUT2D eigenvalue weighted by atomic mass is 10.1. The van der Waals surface area contributed by atoms with Gasteiger partial charge in [0.05, 0.1) is 6.54 Å². The first-order valence-corrected chi connectivity index (χ1v) is 7.88. The molecule has 1 heterocycles. The molecule has 1 aliphatic rings. The van der Waals surface area contributed by atoms with Crippen molar-refractivity contribution >= 4 is 5.84 Å². The van der Waals surface area contributed by atoms with Gasteiger partial charge >= 0.3 is 0 Å². The van der Waals surface area contributed by atoms with Gasteiger partial charge in [0.15, 0.2) is 0 Å². The fraction of sp³-hybridized carbons (Fsp3) is 0.812. The highest BCUT2D eigenvalue weighted by Crippen LogP contribution is 2.13. The van der Waals surface area contributed by atoms with Crippen molar-refractivity contribution in [3.63, 3.8) is 0 Å². The van der Waals surface area contributed by atoms with Crippen LogP contribution in [-0.2, 0) is 0 Å². The van der Waals surface area contributed by atoms with Gasteiger partial charge in [-0.3, -0.25) is 4.99 Å². The highest BCUT2D eigenvalue weighted by Gasteiger charge is 2.19. The Morgan fingerprint density at radius 1 is 1.21 bits per heavy atom. The van der Waals surface area contributed by atoms with Crippen LogP contribution in [-0.4, -0.2) is 35.2 Å². The van der Waals surface area contributed by atoms with Crippen molar-refractivity contribution in [2.75, 3.05) is 13.1 Å². The number of rotatable bonds is 10. The fourth-order valence-corrected chi connectivity index (χ4v) is 2.49. The lowest BCUT2D eigenvalue weighted by Crippen LogP contribution is -2.35. The minimum Gasteiger partial charge on any atom is -0.374 e. The summed E-state index contributed by atoms with van der Waals surface area (Å²) in [6.07, 6.45) is 14.0.